The van der Waals surface area contributed by atoms with Crippen molar-refractivity contribution >= 4 is 16.6 Å². The first-order valence-electron chi connectivity index (χ1n) is 12.9. The summed E-state index contributed by atoms with van der Waals surface area (Å²) in [5.41, 5.74) is 11.0. The zero-order valence-corrected chi connectivity index (χ0v) is 21.9. The summed E-state index contributed by atoms with van der Waals surface area (Å²) in [6.45, 7) is 11.6. The SMILES string of the molecule is CCCCCCOc1c(O)c2c(N)cc(CC=C(C)CCC=C(C)C)cc2n(CCCC)c1=O. The number of pyridine rings is 1. The molecule has 2 rings (SSSR count). The van der Waals surface area contributed by atoms with Crippen molar-refractivity contribution in [2.24, 2.45) is 0 Å². The highest BCUT2D eigenvalue weighted by atomic mass is 16.5. The molecule has 0 unspecified atom stereocenters. The molecule has 0 bridgehead atoms. The van der Waals surface area contributed by atoms with Crippen LogP contribution in [0.4, 0.5) is 5.69 Å². The molecule has 5 nitrogen and oxygen atoms in total. The molecule has 0 atom stereocenters. The molecular weight excluding hydrogens is 424 g/mol. The van der Waals surface area contributed by atoms with Crippen molar-refractivity contribution in [3.05, 3.63) is 51.3 Å². The van der Waals surface area contributed by atoms with Gasteiger partial charge in [-0.2, -0.15) is 0 Å². The molecule has 34 heavy (non-hydrogen) atoms. The number of fused-ring (bicyclic) bond motifs is 1. The van der Waals surface area contributed by atoms with E-state index in [-0.39, 0.29) is 17.1 Å². The number of rotatable bonds is 14. The summed E-state index contributed by atoms with van der Waals surface area (Å²) in [7, 11) is 0. The first-order valence-corrected chi connectivity index (χ1v) is 12.9. The quantitative estimate of drug-likeness (QED) is 0.173. The zero-order valence-electron chi connectivity index (χ0n) is 21.9. The highest BCUT2D eigenvalue weighted by Gasteiger charge is 2.20. The minimum Gasteiger partial charge on any atom is -0.504 e. The van der Waals surface area contributed by atoms with E-state index in [4.69, 9.17) is 10.5 Å². The van der Waals surface area contributed by atoms with E-state index in [0.29, 0.717) is 29.7 Å². The molecule has 0 aliphatic heterocycles. The van der Waals surface area contributed by atoms with Gasteiger partial charge in [0.15, 0.2) is 5.75 Å². The van der Waals surface area contributed by atoms with E-state index in [1.807, 2.05) is 12.1 Å². The Morgan fingerprint density at radius 1 is 1.06 bits per heavy atom. The van der Waals surface area contributed by atoms with E-state index in [9.17, 15) is 9.90 Å². The molecular formula is C29H44N2O3. The van der Waals surface area contributed by atoms with Crippen LogP contribution in [0.1, 0.15) is 91.5 Å². The van der Waals surface area contributed by atoms with Crippen molar-refractivity contribution < 1.29 is 9.84 Å². The lowest BCUT2D eigenvalue weighted by atomic mass is 10.0. The Bertz CT molecular complexity index is 1060. The Labute approximate surface area is 205 Å². The van der Waals surface area contributed by atoms with Crippen LogP contribution in [-0.2, 0) is 13.0 Å². The largest absolute Gasteiger partial charge is 0.504 e. The number of aryl methyl sites for hydroxylation is 1. The number of unbranched alkanes of at least 4 members (excludes halogenated alkanes) is 4. The molecule has 2 aromatic rings. The summed E-state index contributed by atoms with van der Waals surface area (Å²) in [6.07, 6.45) is 13.3. The van der Waals surface area contributed by atoms with E-state index >= 15 is 0 Å². The van der Waals surface area contributed by atoms with Crippen molar-refractivity contribution in [3.63, 3.8) is 0 Å². The maximum atomic E-state index is 13.3. The number of allylic oxidation sites excluding steroid dienone is 4. The molecule has 0 amide bonds. The monoisotopic (exact) mass is 468 g/mol. The molecule has 0 aliphatic rings. The van der Waals surface area contributed by atoms with Crippen LogP contribution in [0.3, 0.4) is 0 Å². The molecule has 188 valence electrons. The highest BCUT2D eigenvalue weighted by molar-refractivity contribution is 5.97. The van der Waals surface area contributed by atoms with Crippen LogP contribution in [-0.4, -0.2) is 16.3 Å². The molecule has 0 radical (unpaired) electrons. The van der Waals surface area contributed by atoms with Crippen LogP contribution in [0.5, 0.6) is 11.5 Å². The fourth-order valence-corrected chi connectivity index (χ4v) is 4.10. The average Bonchev–Trinajstić information content (AvgIpc) is 2.78. The van der Waals surface area contributed by atoms with E-state index in [1.165, 1.54) is 11.1 Å². The van der Waals surface area contributed by atoms with Crippen LogP contribution in [0.25, 0.3) is 10.9 Å². The standard InChI is InChI=1S/C29H44N2O3/c1-6-8-10-11-18-34-28-27(32)26-24(30)19-23(16-15-22(5)14-12-13-21(3)4)20-25(26)31(29(28)33)17-9-7-2/h13,15,19-20,32H,6-12,14,16-18,30H2,1-5H3. The van der Waals surface area contributed by atoms with Gasteiger partial charge in [0.1, 0.15) is 0 Å². The Kier molecular flexibility index (Phi) is 11.2. The zero-order chi connectivity index (χ0) is 25.1. The van der Waals surface area contributed by atoms with Crippen molar-refractivity contribution in [3.8, 4) is 11.5 Å². The second-order valence-electron chi connectivity index (χ2n) is 9.55. The van der Waals surface area contributed by atoms with E-state index < -0.39 is 0 Å². The molecule has 5 heteroatoms. The van der Waals surface area contributed by atoms with E-state index in [2.05, 4.69) is 46.8 Å². The molecule has 0 saturated carbocycles. The molecule has 0 aliphatic carbocycles. The third kappa shape index (κ3) is 7.68. The molecule has 0 spiro atoms. The number of hydrogen-bond donors (Lipinski definition) is 2. The number of aromatic nitrogens is 1. The number of aromatic hydroxyl groups is 1. The molecule has 1 aromatic heterocycles. The van der Waals surface area contributed by atoms with Crippen LogP contribution in [0, 0.1) is 0 Å². The van der Waals surface area contributed by atoms with Gasteiger partial charge in [0.25, 0.3) is 5.56 Å². The fourth-order valence-electron chi connectivity index (χ4n) is 4.10. The van der Waals surface area contributed by atoms with Crippen molar-refractivity contribution in [2.45, 2.75) is 99.0 Å². The van der Waals surface area contributed by atoms with Gasteiger partial charge < -0.3 is 20.1 Å². The predicted octanol–water partition coefficient (Wildman–Crippen LogP) is 7.28. The Hall–Kier alpha value is -2.69. The van der Waals surface area contributed by atoms with Crippen molar-refractivity contribution in [1.82, 2.24) is 4.57 Å². The first kappa shape index (κ1) is 27.6. The smallest absolute Gasteiger partial charge is 0.297 e. The number of anilines is 1. The molecule has 0 saturated heterocycles. The second kappa shape index (κ2) is 13.9. The maximum absolute atomic E-state index is 13.3. The van der Waals surface area contributed by atoms with Gasteiger partial charge in [-0.25, -0.2) is 0 Å². The number of hydrogen-bond acceptors (Lipinski definition) is 4. The summed E-state index contributed by atoms with van der Waals surface area (Å²) in [4.78, 5) is 13.3. The third-order valence-corrected chi connectivity index (χ3v) is 6.15. The van der Waals surface area contributed by atoms with Gasteiger partial charge in [-0.1, -0.05) is 62.8 Å². The van der Waals surface area contributed by atoms with Crippen LogP contribution < -0.4 is 16.0 Å². The Morgan fingerprint density at radius 3 is 2.47 bits per heavy atom. The van der Waals surface area contributed by atoms with Gasteiger partial charge in [-0.3, -0.25) is 4.79 Å². The molecule has 0 fully saturated rings. The summed E-state index contributed by atoms with van der Waals surface area (Å²) < 4.78 is 7.54. The summed E-state index contributed by atoms with van der Waals surface area (Å²) >= 11 is 0. The van der Waals surface area contributed by atoms with E-state index in [1.54, 1.807) is 4.57 Å². The summed E-state index contributed by atoms with van der Waals surface area (Å²) in [6, 6.07) is 3.90. The van der Waals surface area contributed by atoms with Gasteiger partial charge in [-0.15, -0.1) is 0 Å². The van der Waals surface area contributed by atoms with Crippen molar-refractivity contribution in [1.29, 1.82) is 0 Å². The minimum absolute atomic E-state index is 0.0227. The number of nitrogens with two attached hydrogens (primary N) is 1. The summed E-state index contributed by atoms with van der Waals surface area (Å²) in [5, 5.41) is 11.5. The van der Waals surface area contributed by atoms with Crippen molar-refractivity contribution in [2.75, 3.05) is 12.3 Å². The highest BCUT2D eigenvalue weighted by Crippen LogP contribution is 2.36. The fraction of sp³-hybridized carbons (Fsp3) is 0.552. The lowest BCUT2D eigenvalue weighted by Crippen LogP contribution is -2.23. The minimum atomic E-state index is -0.279. The van der Waals surface area contributed by atoms with Gasteiger partial charge in [0, 0.05) is 12.2 Å². The number of nitrogens with zero attached hydrogens (tertiary/aromatic N) is 1. The van der Waals surface area contributed by atoms with Crippen LogP contribution in [0.15, 0.2) is 40.2 Å². The topological polar surface area (TPSA) is 77.5 Å². The maximum Gasteiger partial charge on any atom is 0.297 e. The Morgan fingerprint density at radius 2 is 1.79 bits per heavy atom. The predicted molar refractivity (Wildman–Crippen MR) is 145 cm³/mol. The first-order chi connectivity index (χ1) is 16.3. The third-order valence-electron chi connectivity index (χ3n) is 6.15. The second-order valence-corrected chi connectivity index (χ2v) is 9.55. The van der Waals surface area contributed by atoms with Crippen LogP contribution >= 0.6 is 0 Å². The number of ether oxygens (including phenoxy) is 1. The van der Waals surface area contributed by atoms with Gasteiger partial charge >= 0.3 is 0 Å². The lowest BCUT2D eigenvalue weighted by molar-refractivity contribution is 0.284. The number of nitrogen functional groups attached to an aromatic ring is 1. The molecule has 3 N–H and O–H groups in total. The van der Waals surface area contributed by atoms with E-state index in [0.717, 1.165) is 63.4 Å². The van der Waals surface area contributed by atoms with Crippen LogP contribution in [0.2, 0.25) is 0 Å². The Balaban J connectivity index is 2.40. The number of benzene rings is 1. The van der Waals surface area contributed by atoms with Gasteiger partial charge in [-0.05, 0) is 70.6 Å². The molecule has 1 heterocycles. The average molecular weight is 469 g/mol. The van der Waals surface area contributed by atoms with Gasteiger partial charge in [0.05, 0.1) is 17.5 Å². The normalized spacial score (nSPS) is 11.7. The summed E-state index contributed by atoms with van der Waals surface area (Å²) in [5.74, 6) is -0.115. The van der Waals surface area contributed by atoms with Gasteiger partial charge in [0.2, 0.25) is 5.75 Å². The molecule has 1 aromatic carbocycles. The lowest BCUT2D eigenvalue weighted by Gasteiger charge is -2.17.